The summed E-state index contributed by atoms with van der Waals surface area (Å²) in [6, 6.07) is 7.26. The average Bonchev–Trinajstić information content (AvgIpc) is 2.36. The van der Waals surface area contributed by atoms with Crippen molar-refractivity contribution in [3.8, 4) is 5.75 Å². The molecular weight excluding hydrogens is 278 g/mol. The normalized spacial score (nSPS) is 9.95. The summed E-state index contributed by atoms with van der Waals surface area (Å²) < 4.78 is 5.38. The number of ether oxygens (including phenoxy) is 1. The maximum absolute atomic E-state index is 11.8. The number of amides is 1. The predicted molar refractivity (Wildman–Crippen MR) is 73.1 cm³/mol. The Morgan fingerprint density at radius 3 is 2.29 bits per heavy atom. The topological polar surface area (TPSA) is 104 Å². The van der Waals surface area contributed by atoms with Gasteiger partial charge in [-0.2, -0.15) is 0 Å². The van der Waals surface area contributed by atoms with Crippen LogP contribution in [-0.2, 0) is 14.4 Å². The lowest BCUT2D eigenvalue weighted by molar-refractivity contribution is -0.149. The molecule has 0 aliphatic rings. The fourth-order valence-corrected chi connectivity index (χ4v) is 1.68. The first-order valence-corrected chi connectivity index (χ1v) is 6.29. The largest absolute Gasteiger partial charge is 0.493 e. The second-order valence-electron chi connectivity index (χ2n) is 4.45. The second kappa shape index (κ2) is 7.88. The molecule has 0 aliphatic heterocycles. The zero-order valence-electron chi connectivity index (χ0n) is 11.6. The van der Waals surface area contributed by atoms with Crippen LogP contribution in [0.3, 0.4) is 0 Å². The molecule has 0 atom stereocenters. The van der Waals surface area contributed by atoms with Crippen LogP contribution in [0.2, 0.25) is 0 Å². The number of aliphatic carboxylic acids is 2. The Balaban J connectivity index is 2.49. The number of hydrogen-bond donors (Lipinski definition) is 2. The SMILES string of the molecule is Cc1cccc(OCCC(=O)N(CC(=O)O)CC(=O)O)c1. The van der Waals surface area contributed by atoms with Gasteiger partial charge in [0.05, 0.1) is 13.0 Å². The molecule has 0 spiro atoms. The Morgan fingerprint density at radius 2 is 1.76 bits per heavy atom. The van der Waals surface area contributed by atoms with Crippen LogP contribution in [0.4, 0.5) is 0 Å². The highest BCUT2D eigenvalue weighted by Crippen LogP contribution is 2.12. The molecule has 0 aromatic heterocycles. The van der Waals surface area contributed by atoms with E-state index in [1.54, 1.807) is 12.1 Å². The van der Waals surface area contributed by atoms with E-state index in [2.05, 4.69) is 0 Å². The summed E-state index contributed by atoms with van der Waals surface area (Å²) >= 11 is 0. The summed E-state index contributed by atoms with van der Waals surface area (Å²) in [4.78, 5) is 33.8. The van der Waals surface area contributed by atoms with E-state index in [0.717, 1.165) is 10.5 Å². The predicted octanol–water partition coefficient (Wildman–Crippen LogP) is 0.762. The van der Waals surface area contributed by atoms with Gasteiger partial charge in [-0.1, -0.05) is 12.1 Å². The molecule has 2 N–H and O–H groups in total. The lowest BCUT2D eigenvalue weighted by atomic mass is 10.2. The van der Waals surface area contributed by atoms with Crippen LogP contribution in [0.25, 0.3) is 0 Å². The van der Waals surface area contributed by atoms with Crippen molar-refractivity contribution in [2.24, 2.45) is 0 Å². The van der Waals surface area contributed by atoms with Crippen molar-refractivity contribution in [1.82, 2.24) is 4.90 Å². The minimum atomic E-state index is -1.26. The minimum Gasteiger partial charge on any atom is -0.493 e. The Morgan fingerprint density at radius 1 is 1.14 bits per heavy atom. The summed E-state index contributed by atoms with van der Waals surface area (Å²) in [6.07, 6.45) is -0.0888. The first-order chi connectivity index (χ1) is 9.88. The molecule has 1 aromatic carbocycles. The van der Waals surface area contributed by atoms with Crippen molar-refractivity contribution in [2.75, 3.05) is 19.7 Å². The fraction of sp³-hybridized carbons (Fsp3) is 0.357. The summed E-state index contributed by atoms with van der Waals surface area (Å²) in [7, 11) is 0. The molecule has 0 radical (unpaired) electrons. The van der Waals surface area contributed by atoms with Crippen molar-refractivity contribution in [3.05, 3.63) is 29.8 Å². The molecule has 7 heteroatoms. The molecule has 1 aromatic rings. The summed E-state index contributed by atoms with van der Waals surface area (Å²) in [5.74, 6) is -2.49. The first kappa shape index (κ1) is 16.5. The third kappa shape index (κ3) is 6.42. The highest BCUT2D eigenvalue weighted by molar-refractivity contribution is 5.85. The molecule has 0 fully saturated rings. The number of rotatable bonds is 8. The van der Waals surface area contributed by atoms with Gasteiger partial charge in [-0.3, -0.25) is 14.4 Å². The summed E-state index contributed by atoms with van der Waals surface area (Å²) in [6.45, 7) is 0.669. The molecule has 7 nitrogen and oxygen atoms in total. The molecule has 114 valence electrons. The van der Waals surface area contributed by atoms with Gasteiger partial charge in [0.1, 0.15) is 18.8 Å². The average molecular weight is 295 g/mol. The van der Waals surface area contributed by atoms with E-state index < -0.39 is 30.9 Å². The zero-order chi connectivity index (χ0) is 15.8. The molecule has 0 saturated heterocycles. The van der Waals surface area contributed by atoms with E-state index >= 15 is 0 Å². The van der Waals surface area contributed by atoms with Crippen LogP contribution in [0, 0.1) is 6.92 Å². The van der Waals surface area contributed by atoms with E-state index in [1.807, 2.05) is 19.1 Å². The van der Waals surface area contributed by atoms with Gasteiger partial charge < -0.3 is 19.8 Å². The maximum Gasteiger partial charge on any atom is 0.323 e. The van der Waals surface area contributed by atoms with Crippen LogP contribution < -0.4 is 4.74 Å². The smallest absolute Gasteiger partial charge is 0.323 e. The van der Waals surface area contributed by atoms with Gasteiger partial charge in [0.2, 0.25) is 5.91 Å². The number of nitrogens with zero attached hydrogens (tertiary/aromatic N) is 1. The number of carboxylic acid groups (broad SMARTS) is 2. The minimum absolute atomic E-state index is 0.0536. The maximum atomic E-state index is 11.8. The molecule has 0 saturated carbocycles. The number of carbonyl (C=O) groups is 3. The van der Waals surface area contributed by atoms with Crippen molar-refractivity contribution in [2.45, 2.75) is 13.3 Å². The van der Waals surface area contributed by atoms with Crippen LogP contribution in [0.1, 0.15) is 12.0 Å². The van der Waals surface area contributed by atoms with Crippen molar-refractivity contribution in [3.63, 3.8) is 0 Å². The van der Waals surface area contributed by atoms with Gasteiger partial charge in [0.25, 0.3) is 0 Å². The Labute approximate surface area is 121 Å². The van der Waals surface area contributed by atoms with Gasteiger partial charge in [-0.05, 0) is 24.6 Å². The van der Waals surface area contributed by atoms with E-state index in [4.69, 9.17) is 14.9 Å². The molecular formula is C14H17NO6. The Bertz CT molecular complexity index is 512. The van der Waals surface area contributed by atoms with Gasteiger partial charge in [0.15, 0.2) is 0 Å². The highest BCUT2D eigenvalue weighted by atomic mass is 16.5. The highest BCUT2D eigenvalue weighted by Gasteiger charge is 2.19. The standard InChI is InChI=1S/C14H17NO6/c1-10-3-2-4-11(7-10)21-6-5-12(16)15(8-13(17)18)9-14(19)20/h2-4,7H,5-6,8-9H2,1H3,(H,17,18)(H,19,20). The van der Waals surface area contributed by atoms with Gasteiger partial charge >= 0.3 is 11.9 Å². The molecule has 0 heterocycles. The van der Waals surface area contributed by atoms with E-state index in [-0.39, 0.29) is 13.0 Å². The third-order valence-electron chi connectivity index (χ3n) is 2.58. The molecule has 0 bridgehead atoms. The lowest BCUT2D eigenvalue weighted by Gasteiger charge is -2.18. The third-order valence-corrected chi connectivity index (χ3v) is 2.58. The fourth-order valence-electron chi connectivity index (χ4n) is 1.68. The molecule has 1 amide bonds. The number of carbonyl (C=O) groups excluding carboxylic acids is 1. The van der Waals surface area contributed by atoms with Crippen molar-refractivity contribution < 1.29 is 29.3 Å². The van der Waals surface area contributed by atoms with Crippen LogP contribution in [0.15, 0.2) is 24.3 Å². The molecule has 1 rings (SSSR count). The Kier molecular flexibility index (Phi) is 6.19. The van der Waals surface area contributed by atoms with Crippen LogP contribution in [0.5, 0.6) is 5.75 Å². The molecule has 0 unspecified atom stereocenters. The Hall–Kier alpha value is -2.57. The van der Waals surface area contributed by atoms with E-state index in [1.165, 1.54) is 0 Å². The van der Waals surface area contributed by atoms with Gasteiger partial charge in [-0.15, -0.1) is 0 Å². The number of carboxylic acids is 2. The summed E-state index contributed by atoms with van der Waals surface area (Å²) in [5, 5.41) is 17.3. The lowest BCUT2D eigenvalue weighted by Crippen LogP contribution is -2.39. The number of hydrogen-bond acceptors (Lipinski definition) is 4. The number of benzene rings is 1. The quantitative estimate of drug-likeness (QED) is 0.733. The molecule has 0 aliphatic carbocycles. The first-order valence-electron chi connectivity index (χ1n) is 6.29. The van der Waals surface area contributed by atoms with Crippen molar-refractivity contribution in [1.29, 1.82) is 0 Å². The molecule has 21 heavy (non-hydrogen) atoms. The summed E-state index contributed by atoms with van der Waals surface area (Å²) in [5.41, 5.74) is 1.01. The van der Waals surface area contributed by atoms with E-state index in [9.17, 15) is 14.4 Å². The monoisotopic (exact) mass is 295 g/mol. The van der Waals surface area contributed by atoms with Gasteiger partial charge in [-0.25, -0.2) is 0 Å². The van der Waals surface area contributed by atoms with Gasteiger partial charge in [0, 0.05) is 0 Å². The number of aryl methyl sites for hydroxylation is 1. The zero-order valence-corrected chi connectivity index (χ0v) is 11.6. The second-order valence-corrected chi connectivity index (χ2v) is 4.45. The van der Waals surface area contributed by atoms with E-state index in [0.29, 0.717) is 5.75 Å². The van der Waals surface area contributed by atoms with Crippen molar-refractivity contribution >= 4 is 17.8 Å². The van der Waals surface area contributed by atoms with Crippen LogP contribution in [-0.4, -0.2) is 52.7 Å². The van der Waals surface area contributed by atoms with Crippen LogP contribution >= 0.6 is 0 Å².